The molecule has 0 saturated carbocycles. The number of fused-ring (bicyclic) bond motifs is 3. The first-order valence-corrected chi connectivity index (χ1v) is 9.40. The molecule has 2 N–H and O–H groups in total. The molecule has 2 aromatic carbocycles. The van der Waals surface area contributed by atoms with Crippen LogP contribution in [0.25, 0.3) is 11.0 Å². The smallest absolute Gasteiger partial charge is 0.204 e. The quantitative estimate of drug-likeness (QED) is 0.735. The van der Waals surface area contributed by atoms with E-state index in [0.717, 1.165) is 35.9 Å². The van der Waals surface area contributed by atoms with Gasteiger partial charge >= 0.3 is 0 Å². The largest absolute Gasteiger partial charge is 0.389 e. The highest BCUT2D eigenvalue weighted by atomic mass is 19.1. The van der Waals surface area contributed by atoms with Crippen molar-refractivity contribution in [2.75, 3.05) is 4.90 Å². The summed E-state index contributed by atoms with van der Waals surface area (Å²) in [5.41, 5.74) is 1.32. The van der Waals surface area contributed by atoms with E-state index >= 15 is 0 Å². The molecule has 4 nitrogen and oxygen atoms in total. The molecule has 0 amide bonds. The summed E-state index contributed by atoms with van der Waals surface area (Å²) in [6.07, 6.45) is 3.28. The monoisotopic (exact) mass is 369 g/mol. The lowest BCUT2D eigenvalue weighted by atomic mass is 9.81. The van der Waals surface area contributed by atoms with E-state index in [1.807, 2.05) is 24.3 Å². The summed E-state index contributed by atoms with van der Waals surface area (Å²) in [5, 5.41) is 11.2. The zero-order valence-electron chi connectivity index (χ0n) is 14.8. The van der Waals surface area contributed by atoms with Crippen LogP contribution in [0, 0.1) is 11.6 Å². The van der Waals surface area contributed by atoms with Gasteiger partial charge in [-0.15, -0.1) is 0 Å². The molecular formula is C21H21F2N3O. The van der Waals surface area contributed by atoms with Crippen molar-refractivity contribution in [2.24, 2.45) is 0 Å². The number of halogens is 2. The molecule has 6 heteroatoms. The van der Waals surface area contributed by atoms with Crippen molar-refractivity contribution >= 4 is 17.0 Å². The van der Waals surface area contributed by atoms with E-state index in [2.05, 4.69) is 9.88 Å². The number of aromatic amines is 1. The Hall–Kier alpha value is -2.47. The predicted octanol–water partition coefficient (Wildman–Crippen LogP) is 3.95. The Bertz CT molecular complexity index is 955. The lowest BCUT2D eigenvalue weighted by molar-refractivity contribution is 0.00114. The number of para-hydroxylation sites is 2. The summed E-state index contributed by atoms with van der Waals surface area (Å²) >= 11 is 0. The number of anilines is 1. The molecule has 3 aromatic rings. The van der Waals surface area contributed by atoms with Crippen LogP contribution in [0.2, 0.25) is 0 Å². The maximum Gasteiger partial charge on any atom is 0.204 e. The molecule has 2 unspecified atom stereocenters. The van der Waals surface area contributed by atoms with E-state index in [1.165, 1.54) is 12.1 Å². The average Bonchev–Trinajstić information content (AvgIpc) is 3.16. The van der Waals surface area contributed by atoms with Gasteiger partial charge in [-0.2, -0.15) is 0 Å². The van der Waals surface area contributed by atoms with E-state index in [9.17, 15) is 13.9 Å². The van der Waals surface area contributed by atoms with Crippen LogP contribution in [0.1, 0.15) is 31.2 Å². The summed E-state index contributed by atoms with van der Waals surface area (Å²) < 4.78 is 27.2. The number of nitrogens with one attached hydrogen (secondary N) is 1. The van der Waals surface area contributed by atoms with E-state index < -0.39 is 17.2 Å². The number of hydrogen-bond donors (Lipinski definition) is 2. The highest BCUT2D eigenvalue weighted by Crippen LogP contribution is 2.44. The van der Waals surface area contributed by atoms with Gasteiger partial charge in [-0.1, -0.05) is 18.2 Å². The fraction of sp³-hybridized carbons (Fsp3) is 0.381. The third-order valence-electron chi connectivity index (χ3n) is 6.01. The number of rotatable bonds is 3. The van der Waals surface area contributed by atoms with Gasteiger partial charge < -0.3 is 15.0 Å². The van der Waals surface area contributed by atoms with E-state index in [4.69, 9.17) is 4.98 Å². The van der Waals surface area contributed by atoms with Gasteiger partial charge in [0.2, 0.25) is 5.95 Å². The second-order valence-electron chi connectivity index (χ2n) is 7.91. The van der Waals surface area contributed by atoms with Crippen LogP contribution in [0.3, 0.4) is 0 Å². The highest BCUT2D eigenvalue weighted by Gasteiger charge is 2.48. The van der Waals surface area contributed by atoms with Crippen molar-refractivity contribution < 1.29 is 13.9 Å². The van der Waals surface area contributed by atoms with Gasteiger partial charge in [-0.05, 0) is 49.4 Å². The molecule has 140 valence electrons. The van der Waals surface area contributed by atoms with Crippen molar-refractivity contribution in [3.8, 4) is 0 Å². The van der Waals surface area contributed by atoms with E-state index in [-0.39, 0.29) is 18.5 Å². The van der Waals surface area contributed by atoms with Crippen LogP contribution >= 0.6 is 0 Å². The van der Waals surface area contributed by atoms with Gasteiger partial charge in [-0.3, -0.25) is 0 Å². The molecule has 2 aliphatic rings. The number of hydrogen-bond acceptors (Lipinski definition) is 3. The van der Waals surface area contributed by atoms with Crippen molar-refractivity contribution in [3.63, 3.8) is 0 Å². The van der Waals surface area contributed by atoms with Gasteiger partial charge in [0, 0.05) is 24.6 Å². The topological polar surface area (TPSA) is 52.1 Å². The van der Waals surface area contributed by atoms with Gasteiger partial charge in [0.15, 0.2) is 0 Å². The normalized spacial score (nSPS) is 27.4. The summed E-state index contributed by atoms with van der Waals surface area (Å²) in [7, 11) is 0. The van der Waals surface area contributed by atoms with Gasteiger partial charge in [-0.25, -0.2) is 13.8 Å². The van der Waals surface area contributed by atoms with Gasteiger partial charge in [0.25, 0.3) is 0 Å². The second kappa shape index (κ2) is 6.02. The van der Waals surface area contributed by atoms with Crippen molar-refractivity contribution in [3.05, 3.63) is 59.7 Å². The molecule has 3 heterocycles. The minimum absolute atomic E-state index is 0.165. The molecule has 2 saturated heterocycles. The lowest BCUT2D eigenvalue weighted by Gasteiger charge is -2.44. The number of nitrogens with zero attached hydrogens (tertiary/aromatic N) is 2. The third kappa shape index (κ3) is 2.88. The van der Waals surface area contributed by atoms with Crippen LogP contribution < -0.4 is 4.90 Å². The zero-order valence-corrected chi connectivity index (χ0v) is 14.8. The molecule has 2 atom stereocenters. The Morgan fingerprint density at radius 2 is 1.85 bits per heavy atom. The Kier molecular flexibility index (Phi) is 3.72. The SMILES string of the molecule is OC1(Cc2ccc(F)cc2F)CC2CCC(C1)N2c1nc2ccccc2[nH]1. The maximum absolute atomic E-state index is 14.1. The molecule has 27 heavy (non-hydrogen) atoms. The van der Waals surface area contributed by atoms with Gasteiger partial charge in [0.1, 0.15) is 11.6 Å². The Balaban J connectivity index is 1.40. The van der Waals surface area contributed by atoms with Crippen molar-refractivity contribution in [2.45, 2.75) is 49.8 Å². The summed E-state index contributed by atoms with van der Waals surface area (Å²) in [6, 6.07) is 11.8. The Labute approximate surface area is 155 Å². The molecule has 2 aliphatic heterocycles. The van der Waals surface area contributed by atoms with Crippen molar-refractivity contribution in [1.29, 1.82) is 0 Å². The number of aliphatic hydroxyl groups is 1. The van der Waals surface area contributed by atoms with Crippen LogP contribution in [0.4, 0.5) is 14.7 Å². The molecule has 0 radical (unpaired) electrons. The lowest BCUT2D eigenvalue weighted by Crippen LogP contribution is -2.52. The Morgan fingerprint density at radius 3 is 2.56 bits per heavy atom. The molecule has 2 bridgehead atoms. The average molecular weight is 369 g/mol. The molecular weight excluding hydrogens is 348 g/mol. The predicted molar refractivity (Wildman–Crippen MR) is 99.6 cm³/mol. The van der Waals surface area contributed by atoms with E-state index in [1.54, 1.807) is 0 Å². The highest BCUT2D eigenvalue weighted by molar-refractivity contribution is 5.77. The molecule has 0 spiro atoms. The minimum Gasteiger partial charge on any atom is -0.389 e. The molecule has 1 aromatic heterocycles. The molecule has 0 aliphatic carbocycles. The Morgan fingerprint density at radius 1 is 1.11 bits per heavy atom. The van der Waals surface area contributed by atoms with Crippen LogP contribution in [0.5, 0.6) is 0 Å². The van der Waals surface area contributed by atoms with Crippen LogP contribution in [-0.2, 0) is 6.42 Å². The molecule has 5 rings (SSSR count). The summed E-state index contributed by atoms with van der Waals surface area (Å²) in [4.78, 5) is 10.4. The molecule has 2 fully saturated rings. The first kappa shape index (κ1) is 16.7. The summed E-state index contributed by atoms with van der Waals surface area (Å²) in [6.45, 7) is 0. The van der Waals surface area contributed by atoms with Crippen LogP contribution in [-0.4, -0.2) is 32.8 Å². The maximum atomic E-state index is 14.1. The summed E-state index contributed by atoms with van der Waals surface area (Å²) in [5.74, 6) is -0.336. The number of aromatic nitrogens is 2. The number of piperidine rings is 1. The number of imidazole rings is 1. The first-order valence-electron chi connectivity index (χ1n) is 9.40. The van der Waals surface area contributed by atoms with Crippen molar-refractivity contribution in [1.82, 2.24) is 9.97 Å². The zero-order chi connectivity index (χ0) is 18.6. The third-order valence-corrected chi connectivity index (χ3v) is 6.01. The fourth-order valence-electron chi connectivity index (χ4n) is 4.89. The first-order chi connectivity index (χ1) is 13.0. The van der Waals surface area contributed by atoms with Crippen LogP contribution in [0.15, 0.2) is 42.5 Å². The van der Waals surface area contributed by atoms with E-state index in [0.29, 0.717) is 18.4 Å². The minimum atomic E-state index is -0.979. The fourth-order valence-corrected chi connectivity index (χ4v) is 4.89. The number of H-pyrrole nitrogens is 1. The number of benzene rings is 2. The standard InChI is InChI=1S/C21H21F2N3O/c22-14-6-5-13(17(23)9-14)10-21(27)11-15-7-8-16(12-21)26(15)20-24-18-3-1-2-4-19(18)25-20/h1-6,9,15-16,27H,7-8,10-12H2,(H,24,25). The van der Waals surface area contributed by atoms with Gasteiger partial charge in [0.05, 0.1) is 16.6 Å². The second-order valence-corrected chi connectivity index (χ2v) is 7.91.